The lowest BCUT2D eigenvalue weighted by Crippen LogP contribution is -2.38. The Hall–Kier alpha value is -1.62. The van der Waals surface area contributed by atoms with Crippen molar-refractivity contribution < 1.29 is 13.9 Å². The van der Waals surface area contributed by atoms with E-state index in [1.807, 2.05) is 0 Å². The highest BCUT2D eigenvalue weighted by atomic mass is 19.1. The van der Waals surface area contributed by atoms with Crippen molar-refractivity contribution in [3.63, 3.8) is 0 Å². The van der Waals surface area contributed by atoms with Gasteiger partial charge in [0.15, 0.2) is 11.6 Å². The van der Waals surface area contributed by atoms with Gasteiger partial charge in [-0.25, -0.2) is 4.39 Å². The highest BCUT2D eigenvalue weighted by Crippen LogP contribution is 2.34. The number of fused-ring (bicyclic) bond motifs is 2. The molecule has 4 nitrogen and oxygen atoms in total. The first-order chi connectivity index (χ1) is 10.1. The number of rotatable bonds is 4. The van der Waals surface area contributed by atoms with Gasteiger partial charge in [0.1, 0.15) is 0 Å². The van der Waals surface area contributed by atoms with Crippen LogP contribution in [0.5, 0.6) is 5.75 Å². The Morgan fingerprint density at radius 2 is 2.29 bits per heavy atom. The summed E-state index contributed by atoms with van der Waals surface area (Å²) in [5.74, 6) is 0.0743. The number of amides is 1. The number of benzene rings is 1. The molecule has 2 heterocycles. The maximum absolute atomic E-state index is 13.7. The summed E-state index contributed by atoms with van der Waals surface area (Å²) in [7, 11) is 3.23. The van der Waals surface area contributed by atoms with E-state index in [0.29, 0.717) is 18.6 Å². The van der Waals surface area contributed by atoms with Crippen molar-refractivity contribution in [2.45, 2.75) is 37.9 Å². The molecule has 0 saturated carbocycles. The number of halogens is 1. The fourth-order valence-corrected chi connectivity index (χ4v) is 3.54. The lowest BCUT2D eigenvalue weighted by atomic mass is 9.88. The maximum atomic E-state index is 13.7. The van der Waals surface area contributed by atoms with Crippen molar-refractivity contribution in [3.8, 4) is 5.75 Å². The first kappa shape index (κ1) is 14.3. The van der Waals surface area contributed by atoms with E-state index < -0.39 is 5.82 Å². The van der Waals surface area contributed by atoms with Gasteiger partial charge < -0.3 is 15.0 Å². The van der Waals surface area contributed by atoms with Gasteiger partial charge in [-0.1, -0.05) is 6.07 Å². The van der Waals surface area contributed by atoms with E-state index in [1.54, 1.807) is 24.1 Å². The van der Waals surface area contributed by atoms with Crippen LogP contribution in [0.4, 0.5) is 4.39 Å². The summed E-state index contributed by atoms with van der Waals surface area (Å²) < 4.78 is 18.6. The van der Waals surface area contributed by atoms with Crippen molar-refractivity contribution >= 4 is 5.91 Å². The number of ether oxygens (including phenoxy) is 1. The van der Waals surface area contributed by atoms with E-state index >= 15 is 0 Å². The summed E-state index contributed by atoms with van der Waals surface area (Å²) in [5.41, 5.74) is 0.778. The zero-order valence-corrected chi connectivity index (χ0v) is 12.4. The Morgan fingerprint density at radius 1 is 1.48 bits per heavy atom. The van der Waals surface area contributed by atoms with Gasteiger partial charge in [0.2, 0.25) is 5.91 Å². The fraction of sp³-hybridized carbons (Fsp3) is 0.562. The van der Waals surface area contributed by atoms with Crippen LogP contribution in [0.25, 0.3) is 0 Å². The molecule has 2 fully saturated rings. The van der Waals surface area contributed by atoms with Crippen LogP contribution in [0.1, 0.15) is 24.8 Å². The van der Waals surface area contributed by atoms with Gasteiger partial charge in [-0.2, -0.15) is 0 Å². The zero-order valence-electron chi connectivity index (χ0n) is 12.4. The molecule has 114 valence electrons. The molecule has 2 aliphatic heterocycles. The molecule has 1 amide bonds. The molecule has 2 aliphatic rings. The van der Waals surface area contributed by atoms with Crippen LogP contribution in [0, 0.1) is 11.7 Å². The minimum Gasteiger partial charge on any atom is -0.494 e. The van der Waals surface area contributed by atoms with Crippen LogP contribution in [0.15, 0.2) is 18.2 Å². The van der Waals surface area contributed by atoms with E-state index in [9.17, 15) is 9.18 Å². The predicted molar refractivity (Wildman–Crippen MR) is 77.5 cm³/mol. The molecular weight excluding hydrogens is 271 g/mol. The Kier molecular flexibility index (Phi) is 3.85. The standard InChI is InChI=1S/C16H21FN2O2/c1-19(9-10-3-6-15(21-2)13(17)7-10)16(20)12-8-11-4-5-14(12)18-11/h3,6-7,11-12,14,18H,4-5,8-9H2,1-2H3. The molecule has 1 N–H and O–H groups in total. The molecule has 5 heteroatoms. The van der Waals surface area contributed by atoms with Crippen LogP contribution < -0.4 is 10.1 Å². The van der Waals surface area contributed by atoms with Gasteiger partial charge in [-0.05, 0) is 37.0 Å². The molecule has 2 saturated heterocycles. The average Bonchev–Trinajstić information content (AvgIpc) is 3.09. The summed E-state index contributed by atoms with van der Waals surface area (Å²) in [6.07, 6.45) is 3.21. The summed E-state index contributed by atoms with van der Waals surface area (Å²) >= 11 is 0. The highest BCUT2D eigenvalue weighted by molar-refractivity contribution is 5.80. The van der Waals surface area contributed by atoms with E-state index in [0.717, 1.165) is 18.4 Å². The number of nitrogens with zero attached hydrogens (tertiary/aromatic N) is 1. The van der Waals surface area contributed by atoms with E-state index in [4.69, 9.17) is 4.74 Å². The van der Waals surface area contributed by atoms with Crippen molar-refractivity contribution in [1.82, 2.24) is 10.2 Å². The van der Waals surface area contributed by atoms with E-state index in [1.165, 1.54) is 19.6 Å². The number of carbonyl (C=O) groups excluding carboxylic acids is 1. The second-order valence-corrected chi connectivity index (χ2v) is 6.05. The molecule has 3 rings (SSSR count). The van der Waals surface area contributed by atoms with Gasteiger partial charge in [-0.3, -0.25) is 4.79 Å². The highest BCUT2D eigenvalue weighted by Gasteiger charge is 2.43. The average molecular weight is 292 g/mol. The normalized spacial score (nSPS) is 26.9. The summed E-state index contributed by atoms with van der Waals surface area (Å²) in [5, 5.41) is 3.48. The van der Waals surface area contributed by atoms with Crippen LogP contribution in [-0.2, 0) is 11.3 Å². The Labute approximate surface area is 124 Å². The van der Waals surface area contributed by atoms with Crippen molar-refractivity contribution in [2.75, 3.05) is 14.2 Å². The van der Waals surface area contributed by atoms with Gasteiger partial charge in [0.05, 0.1) is 13.0 Å². The van der Waals surface area contributed by atoms with Crippen molar-refractivity contribution in [2.24, 2.45) is 5.92 Å². The van der Waals surface area contributed by atoms with Gasteiger partial charge in [-0.15, -0.1) is 0 Å². The maximum Gasteiger partial charge on any atom is 0.227 e. The second kappa shape index (κ2) is 5.64. The van der Waals surface area contributed by atoms with Crippen molar-refractivity contribution in [1.29, 1.82) is 0 Å². The molecule has 2 bridgehead atoms. The smallest absolute Gasteiger partial charge is 0.227 e. The minimum absolute atomic E-state index is 0.0804. The summed E-state index contributed by atoms with van der Waals surface area (Å²) in [4.78, 5) is 14.2. The zero-order chi connectivity index (χ0) is 15.0. The van der Waals surface area contributed by atoms with Gasteiger partial charge in [0, 0.05) is 25.7 Å². The third-order valence-corrected chi connectivity index (χ3v) is 4.63. The van der Waals surface area contributed by atoms with Crippen LogP contribution in [-0.4, -0.2) is 37.0 Å². The quantitative estimate of drug-likeness (QED) is 0.922. The number of carbonyl (C=O) groups is 1. The number of hydrogen-bond acceptors (Lipinski definition) is 3. The second-order valence-electron chi connectivity index (χ2n) is 6.05. The van der Waals surface area contributed by atoms with Gasteiger partial charge >= 0.3 is 0 Å². The van der Waals surface area contributed by atoms with Crippen LogP contribution in [0.3, 0.4) is 0 Å². The predicted octanol–water partition coefficient (Wildman–Crippen LogP) is 1.93. The molecule has 0 aliphatic carbocycles. The molecule has 3 unspecified atom stereocenters. The lowest BCUT2D eigenvalue weighted by molar-refractivity contribution is -0.135. The molecule has 21 heavy (non-hydrogen) atoms. The van der Waals surface area contributed by atoms with Gasteiger partial charge in [0.25, 0.3) is 0 Å². The topological polar surface area (TPSA) is 41.6 Å². The molecule has 0 radical (unpaired) electrons. The van der Waals surface area contributed by atoms with Crippen LogP contribution >= 0.6 is 0 Å². The lowest BCUT2D eigenvalue weighted by Gasteiger charge is -2.25. The Bertz CT molecular complexity index is 549. The number of nitrogens with one attached hydrogen (secondary N) is 1. The largest absolute Gasteiger partial charge is 0.494 e. The Balaban J connectivity index is 1.64. The Morgan fingerprint density at radius 3 is 2.86 bits per heavy atom. The minimum atomic E-state index is -0.391. The van der Waals surface area contributed by atoms with Crippen molar-refractivity contribution in [3.05, 3.63) is 29.6 Å². The fourth-order valence-electron chi connectivity index (χ4n) is 3.54. The summed E-state index contributed by atoms with van der Waals surface area (Å²) in [6.45, 7) is 0.424. The monoisotopic (exact) mass is 292 g/mol. The van der Waals surface area contributed by atoms with E-state index in [-0.39, 0.29) is 17.6 Å². The molecule has 0 spiro atoms. The third-order valence-electron chi connectivity index (χ3n) is 4.63. The molecule has 1 aromatic rings. The molecule has 1 aromatic carbocycles. The number of methoxy groups -OCH3 is 1. The first-order valence-corrected chi connectivity index (χ1v) is 7.42. The van der Waals surface area contributed by atoms with Crippen LogP contribution in [0.2, 0.25) is 0 Å². The van der Waals surface area contributed by atoms with E-state index in [2.05, 4.69) is 5.32 Å². The third kappa shape index (κ3) is 2.75. The molecule has 0 aromatic heterocycles. The first-order valence-electron chi connectivity index (χ1n) is 7.42. The molecule has 3 atom stereocenters. The SMILES string of the molecule is COc1ccc(CN(C)C(=O)C2CC3CCC2N3)cc1F. The number of hydrogen-bond donors (Lipinski definition) is 1. The summed E-state index contributed by atoms with van der Waals surface area (Å²) in [6, 6.07) is 5.67. The molecular formula is C16H21FN2O2.